The second kappa shape index (κ2) is 24.4. The van der Waals surface area contributed by atoms with Crippen LogP contribution in [0.15, 0.2) is 0 Å². The van der Waals surface area contributed by atoms with E-state index in [4.69, 9.17) is 0 Å². The van der Waals surface area contributed by atoms with E-state index in [1.54, 1.807) is 0 Å². The topological polar surface area (TPSA) is 0 Å². The molecule has 0 spiro atoms. The van der Waals surface area contributed by atoms with Crippen LogP contribution in [0.5, 0.6) is 0 Å². The molecule has 0 aromatic rings. The second-order valence-electron chi connectivity index (χ2n) is 0. The summed E-state index contributed by atoms with van der Waals surface area (Å²) in [7, 11) is 0. The van der Waals surface area contributed by atoms with Crippen molar-refractivity contribution in [3.05, 3.63) is 0 Å². The molecule has 0 fully saturated rings. The molecule has 0 bridgehead atoms. The molecule has 0 heterocycles. The Morgan fingerprint density at radius 3 is 0.600 bits per heavy atom. The van der Waals surface area contributed by atoms with Crippen molar-refractivity contribution >= 4 is 0 Å². The molecular weight excluding hydrogens is 782 g/mol. The summed E-state index contributed by atoms with van der Waals surface area (Å²) in [5.74, 6) is 0. The second-order valence-corrected chi connectivity index (χ2v) is 0. The van der Waals surface area contributed by atoms with E-state index in [0.717, 1.165) is 0 Å². The Balaban J connectivity index is 0. The minimum Gasteiger partial charge on any atom is -1.00 e. The molecule has 0 aromatic heterocycles. The Morgan fingerprint density at radius 2 is 0.600 bits per heavy atom. The zero-order valence-electron chi connectivity index (χ0n) is 2.55. The Hall–Kier alpha value is 4.06. The van der Waals surface area contributed by atoms with Gasteiger partial charge >= 0.3 is 55.3 Å². The van der Waals surface area contributed by atoms with E-state index < -0.39 is 0 Å². The number of halogens is 3. The fraction of sp³-hybridized carbons (Fsp3) is 0. The van der Waals surface area contributed by atoms with Crippen LogP contribution in [0.4, 0.5) is 0 Å². The molecule has 0 aliphatic heterocycles. The van der Waals surface area contributed by atoms with Crippen LogP contribution >= 0.6 is 0 Å². The molecule has 0 atom stereocenters. The molecule has 0 aliphatic rings. The van der Waals surface area contributed by atoms with Crippen molar-refractivity contribution < 1.29 is 127 Å². The molecule has 25 valence electrons. The molecule has 0 aromatic carbocycles. The predicted octanol–water partition coefficient (Wildman–Crippen LogP) is -8.99. The van der Waals surface area contributed by atoms with Crippen LogP contribution in [0.2, 0.25) is 0 Å². The zero-order valence-corrected chi connectivity index (χ0v) is 20.0. The summed E-state index contributed by atoms with van der Waals surface area (Å²) in [6, 6.07) is 0. The van der Waals surface area contributed by atoms with Gasteiger partial charge in [0.1, 0.15) is 0 Å². The first-order valence-electron chi connectivity index (χ1n) is 0. The van der Waals surface area contributed by atoms with Crippen molar-refractivity contribution in [2.24, 2.45) is 0 Å². The van der Waals surface area contributed by atoms with Crippen molar-refractivity contribution in [3.8, 4) is 0 Å². The maximum atomic E-state index is 0. The van der Waals surface area contributed by atoms with Crippen LogP contribution in [0.3, 0.4) is 0 Å². The van der Waals surface area contributed by atoms with Crippen LogP contribution < -0.4 is 71.9 Å². The Kier molecular flexibility index (Phi) is 174. The molecule has 0 aliphatic carbocycles. The average molecular weight is 782 g/mol. The van der Waals surface area contributed by atoms with Gasteiger partial charge in [-0.3, -0.25) is 0 Å². The summed E-state index contributed by atoms with van der Waals surface area (Å²) in [5, 5.41) is 0. The van der Waals surface area contributed by atoms with Crippen LogP contribution in [-0.2, 0) is 55.3 Å². The third-order valence-electron chi connectivity index (χ3n) is 0. The first-order valence-corrected chi connectivity index (χ1v) is 0. The third-order valence-corrected chi connectivity index (χ3v) is 0. The third kappa shape index (κ3) is 18.0. The molecule has 0 saturated carbocycles. The van der Waals surface area contributed by atoms with Crippen molar-refractivity contribution in [1.29, 1.82) is 0 Å². The number of hydrogen-bond acceptors (Lipinski definition) is 0. The van der Waals surface area contributed by atoms with Gasteiger partial charge in [-0.15, -0.1) is 0 Å². The molecule has 0 nitrogen and oxygen atoms in total. The van der Waals surface area contributed by atoms with Crippen LogP contribution in [0.1, 0.15) is 0 Å². The van der Waals surface area contributed by atoms with Crippen molar-refractivity contribution in [2.75, 3.05) is 0 Å². The maximum absolute atomic E-state index is 0. The Morgan fingerprint density at radius 1 is 0.600 bits per heavy atom. The summed E-state index contributed by atoms with van der Waals surface area (Å²) in [5.41, 5.74) is 0. The van der Waals surface area contributed by atoms with Gasteiger partial charge in [-0.1, -0.05) is 0 Å². The van der Waals surface area contributed by atoms with E-state index in [1.807, 2.05) is 0 Å². The largest absolute Gasteiger partial charge is 2.00 e. The molecule has 0 rings (SSSR count). The van der Waals surface area contributed by atoms with Crippen LogP contribution in [-0.4, -0.2) is 0 Å². The number of rotatable bonds is 0. The van der Waals surface area contributed by atoms with Gasteiger partial charge in [-0.2, -0.15) is 0 Å². The molecule has 0 unspecified atom stereocenters. The molecule has 5 heteroatoms. The van der Waals surface area contributed by atoms with Gasteiger partial charge in [-0.05, 0) is 0 Å². The van der Waals surface area contributed by atoms with E-state index in [-0.39, 0.29) is 127 Å². The Bertz CT molecular complexity index is 4.85. The van der Waals surface area contributed by atoms with Gasteiger partial charge in [0.25, 0.3) is 0 Å². The molecular formula is Hg2I3. The first kappa shape index (κ1) is 35.7. The van der Waals surface area contributed by atoms with E-state index in [2.05, 4.69) is 0 Å². The fourth-order valence-electron chi connectivity index (χ4n) is 0. The summed E-state index contributed by atoms with van der Waals surface area (Å²) < 4.78 is 0. The van der Waals surface area contributed by atoms with Gasteiger partial charge < -0.3 is 71.9 Å². The molecule has 0 N–H and O–H groups in total. The molecule has 1 radical (unpaired) electrons. The monoisotopic (exact) mass is 785 g/mol. The average Bonchev–Trinajstić information content (AvgIpc) is 0. The van der Waals surface area contributed by atoms with Gasteiger partial charge in [0.05, 0.1) is 0 Å². The normalized spacial score (nSPS) is 0. The summed E-state index contributed by atoms with van der Waals surface area (Å²) >= 11 is 0. The molecule has 5 heavy (non-hydrogen) atoms. The first-order chi connectivity index (χ1) is 0. The van der Waals surface area contributed by atoms with Gasteiger partial charge in [0.2, 0.25) is 0 Å². The number of hydrogen-bond donors (Lipinski definition) is 0. The van der Waals surface area contributed by atoms with Gasteiger partial charge in [-0.25, -0.2) is 0 Å². The zero-order chi connectivity index (χ0) is 0. The van der Waals surface area contributed by atoms with Crippen molar-refractivity contribution in [1.82, 2.24) is 0 Å². The fourth-order valence-corrected chi connectivity index (χ4v) is 0. The Labute approximate surface area is 124 Å². The smallest absolute Gasteiger partial charge is 1.00 e. The van der Waals surface area contributed by atoms with Gasteiger partial charge in [0.15, 0.2) is 0 Å². The van der Waals surface area contributed by atoms with E-state index >= 15 is 0 Å². The minimum atomic E-state index is 0. The summed E-state index contributed by atoms with van der Waals surface area (Å²) in [4.78, 5) is 0. The molecule has 0 amide bonds. The minimum absolute atomic E-state index is 0. The van der Waals surface area contributed by atoms with Crippen LogP contribution in [0, 0.1) is 0 Å². The standard InChI is InChI=1S/2Hg.3HI/h;;3*1H/q+1;+2;;;/p-3. The molecule has 0 saturated heterocycles. The van der Waals surface area contributed by atoms with Crippen molar-refractivity contribution in [2.45, 2.75) is 0 Å². The SMILES string of the molecule is [Hg+2].[Hg+].[I-].[I-].[I-]. The van der Waals surface area contributed by atoms with Gasteiger partial charge in [0, 0.05) is 0 Å². The maximum Gasteiger partial charge on any atom is 2.00 e. The summed E-state index contributed by atoms with van der Waals surface area (Å²) in [6.45, 7) is 0. The quantitative estimate of drug-likeness (QED) is 0.170. The summed E-state index contributed by atoms with van der Waals surface area (Å²) in [6.07, 6.45) is 0. The van der Waals surface area contributed by atoms with E-state index in [1.165, 1.54) is 0 Å². The predicted molar refractivity (Wildman–Crippen MR) is 0 cm³/mol. The van der Waals surface area contributed by atoms with E-state index in [9.17, 15) is 0 Å². The van der Waals surface area contributed by atoms with Crippen LogP contribution in [0.25, 0.3) is 0 Å². The van der Waals surface area contributed by atoms with E-state index in [0.29, 0.717) is 0 Å². The van der Waals surface area contributed by atoms with Crippen molar-refractivity contribution in [3.63, 3.8) is 0 Å².